The molecule has 1 fully saturated rings. The summed E-state index contributed by atoms with van der Waals surface area (Å²) in [6, 6.07) is 3.80. The molecule has 1 aromatic rings. The number of rotatable bonds is 2. The van der Waals surface area contributed by atoms with Gasteiger partial charge in [-0.1, -0.05) is 6.42 Å². The molecule has 0 atom stereocenters. The second-order valence-corrected chi connectivity index (χ2v) is 3.49. The maximum Gasteiger partial charge on any atom is 0.147 e. The average molecular weight is 176 g/mol. The van der Waals surface area contributed by atoms with Gasteiger partial charge in [0.1, 0.15) is 11.9 Å². The molecule has 2 rings (SSSR count). The van der Waals surface area contributed by atoms with Crippen molar-refractivity contribution in [3.8, 4) is 5.75 Å². The monoisotopic (exact) mass is 176 g/mol. The van der Waals surface area contributed by atoms with Crippen LogP contribution < -0.4 is 4.74 Å². The van der Waals surface area contributed by atoms with Crippen LogP contribution in [0, 0.1) is 6.20 Å². The lowest BCUT2D eigenvalue weighted by Gasteiger charge is -2.22. The van der Waals surface area contributed by atoms with Gasteiger partial charge in [0.2, 0.25) is 0 Å². The Kier molecular flexibility index (Phi) is 2.80. The zero-order valence-corrected chi connectivity index (χ0v) is 7.70. The van der Waals surface area contributed by atoms with Crippen molar-refractivity contribution in [3.05, 3.63) is 24.5 Å². The Balaban J connectivity index is 1.90. The molecule has 0 aromatic carbocycles. The van der Waals surface area contributed by atoms with E-state index in [-0.39, 0.29) is 0 Å². The molecule has 1 aliphatic rings. The van der Waals surface area contributed by atoms with Gasteiger partial charge in [-0.15, -0.1) is 0 Å². The van der Waals surface area contributed by atoms with E-state index in [1.165, 1.54) is 32.1 Å². The van der Waals surface area contributed by atoms with E-state index in [0.29, 0.717) is 6.10 Å². The Morgan fingerprint density at radius 1 is 1.31 bits per heavy atom. The minimum Gasteiger partial charge on any atom is -0.488 e. The largest absolute Gasteiger partial charge is 0.488 e. The minimum absolute atomic E-state index is 0.397. The van der Waals surface area contributed by atoms with Gasteiger partial charge < -0.3 is 4.74 Å². The van der Waals surface area contributed by atoms with Crippen LogP contribution in [0.25, 0.3) is 0 Å². The van der Waals surface area contributed by atoms with Gasteiger partial charge in [0, 0.05) is 6.20 Å². The third kappa shape index (κ3) is 2.44. The van der Waals surface area contributed by atoms with Crippen molar-refractivity contribution in [1.82, 2.24) is 4.98 Å². The molecule has 0 N–H and O–H groups in total. The summed E-state index contributed by atoms with van der Waals surface area (Å²) in [5.74, 6) is 0.786. The number of hydrogen-bond acceptors (Lipinski definition) is 2. The molecule has 0 spiro atoms. The summed E-state index contributed by atoms with van der Waals surface area (Å²) < 4.78 is 5.74. The van der Waals surface area contributed by atoms with Gasteiger partial charge in [-0.2, -0.15) is 0 Å². The van der Waals surface area contributed by atoms with Crippen LogP contribution in [0.15, 0.2) is 18.3 Å². The lowest BCUT2D eigenvalue weighted by atomic mass is 9.98. The van der Waals surface area contributed by atoms with Crippen LogP contribution in [-0.2, 0) is 0 Å². The zero-order chi connectivity index (χ0) is 8.93. The highest BCUT2D eigenvalue weighted by atomic mass is 16.5. The SMILES string of the molecule is [c]1ncccc1OC1CCCCC1. The van der Waals surface area contributed by atoms with Gasteiger partial charge in [-0.05, 0) is 37.8 Å². The fourth-order valence-electron chi connectivity index (χ4n) is 1.74. The molecule has 1 heterocycles. The molecular weight excluding hydrogens is 162 g/mol. The van der Waals surface area contributed by atoms with Crippen LogP contribution in [-0.4, -0.2) is 11.1 Å². The van der Waals surface area contributed by atoms with Gasteiger partial charge in [-0.3, -0.25) is 4.98 Å². The van der Waals surface area contributed by atoms with Crippen molar-refractivity contribution < 1.29 is 4.74 Å². The lowest BCUT2D eigenvalue weighted by molar-refractivity contribution is 0.154. The first-order valence-electron chi connectivity index (χ1n) is 4.94. The Morgan fingerprint density at radius 2 is 2.15 bits per heavy atom. The van der Waals surface area contributed by atoms with Crippen molar-refractivity contribution >= 4 is 0 Å². The molecule has 1 aliphatic carbocycles. The summed E-state index contributed by atoms with van der Waals surface area (Å²) in [6.45, 7) is 0. The third-order valence-corrected chi connectivity index (χ3v) is 2.43. The van der Waals surface area contributed by atoms with Crippen LogP contribution >= 0.6 is 0 Å². The van der Waals surface area contributed by atoms with E-state index in [0.717, 1.165) is 5.75 Å². The molecule has 13 heavy (non-hydrogen) atoms. The van der Waals surface area contributed by atoms with Crippen molar-refractivity contribution in [2.45, 2.75) is 38.2 Å². The van der Waals surface area contributed by atoms with Crippen LogP contribution in [0.3, 0.4) is 0 Å². The summed E-state index contributed by atoms with van der Waals surface area (Å²) in [5.41, 5.74) is 0. The molecule has 0 aliphatic heterocycles. The first-order chi connectivity index (χ1) is 6.45. The van der Waals surface area contributed by atoms with Crippen LogP contribution in [0.1, 0.15) is 32.1 Å². The summed E-state index contributed by atoms with van der Waals surface area (Å²) in [7, 11) is 0. The Bertz CT molecular complexity index is 242. The molecule has 1 saturated carbocycles. The van der Waals surface area contributed by atoms with Crippen LogP contribution in [0.2, 0.25) is 0 Å². The molecule has 69 valence electrons. The molecule has 1 radical (unpaired) electrons. The zero-order valence-electron chi connectivity index (χ0n) is 7.70. The maximum absolute atomic E-state index is 5.74. The van der Waals surface area contributed by atoms with E-state index in [4.69, 9.17) is 4.74 Å². The number of pyridine rings is 1. The van der Waals surface area contributed by atoms with Gasteiger partial charge in [-0.25, -0.2) is 0 Å². The lowest BCUT2D eigenvalue weighted by Crippen LogP contribution is -2.19. The predicted molar refractivity (Wildman–Crippen MR) is 50.6 cm³/mol. The quantitative estimate of drug-likeness (QED) is 0.691. The standard InChI is InChI=1S/C11H14NO/c1-2-5-10(6-3-1)13-11-7-4-8-12-9-11/h4,7-8,10H,1-3,5-6H2. The van der Waals surface area contributed by atoms with Crippen LogP contribution in [0.5, 0.6) is 5.75 Å². The number of nitrogens with zero attached hydrogens (tertiary/aromatic N) is 1. The van der Waals surface area contributed by atoms with Gasteiger partial charge in [0.15, 0.2) is 0 Å². The van der Waals surface area contributed by atoms with Crippen molar-refractivity contribution in [1.29, 1.82) is 0 Å². The number of hydrogen-bond donors (Lipinski definition) is 0. The topological polar surface area (TPSA) is 22.1 Å². The first kappa shape index (κ1) is 8.54. The highest BCUT2D eigenvalue weighted by Crippen LogP contribution is 2.22. The summed E-state index contributed by atoms with van der Waals surface area (Å²) in [4.78, 5) is 3.90. The molecular formula is C11H14NO. The van der Waals surface area contributed by atoms with E-state index in [2.05, 4.69) is 11.2 Å². The smallest absolute Gasteiger partial charge is 0.147 e. The Labute approximate surface area is 78.9 Å². The van der Waals surface area contributed by atoms with E-state index in [1.807, 2.05) is 12.1 Å². The van der Waals surface area contributed by atoms with E-state index >= 15 is 0 Å². The van der Waals surface area contributed by atoms with Gasteiger partial charge >= 0.3 is 0 Å². The Morgan fingerprint density at radius 3 is 2.85 bits per heavy atom. The van der Waals surface area contributed by atoms with Gasteiger partial charge in [0.25, 0.3) is 0 Å². The van der Waals surface area contributed by atoms with E-state index in [1.54, 1.807) is 6.20 Å². The second kappa shape index (κ2) is 4.26. The number of aromatic nitrogens is 1. The van der Waals surface area contributed by atoms with Gasteiger partial charge in [0.05, 0.1) is 6.10 Å². The van der Waals surface area contributed by atoms with E-state index in [9.17, 15) is 0 Å². The summed E-state index contributed by atoms with van der Waals surface area (Å²) in [6.07, 6.45) is 11.3. The summed E-state index contributed by atoms with van der Waals surface area (Å²) >= 11 is 0. The highest BCUT2D eigenvalue weighted by Gasteiger charge is 2.14. The molecule has 0 saturated heterocycles. The Hall–Kier alpha value is -1.05. The molecule has 2 heteroatoms. The predicted octanol–water partition coefficient (Wildman–Crippen LogP) is 2.59. The fourth-order valence-corrected chi connectivity index (χ4v) is 1.74. The molecule has 2 nitrogen and oxygen atoms in total. The summed E-state index contributed by atoms with van der Waals surface area (Å²) in [5, 5.41) is 0. The molecule has 0 unspecified atom stereocenters. The van der Waals surface area contributed by atoms with Crippen LogP contribution in [0.4, 0.5) is 0 Å². The highest BCUT2D eigenvalue weighted by molar-refractivity contribution is 5.14. The molecule has 1 aromatic heterocycles. The van der Waals surface area contributed by atoms with E-state index < -0.39 is 0 Å². The fraction of sp³-hybridized carbons (Fsp3) is 0.545. The van der Waals surface area contributed by atoms with Crippen molar-refractivity contribution in [2.24, 2.45) is 0 Å². The minimum atomic E-state index is 0.397. The normalized spacial score (nSPS) is 18.5. The first-order valence-corrected chi connectivity index (χ1v) is 4.94. The van der Waals surface area contributed by atoms with Crippen molar-refractivity contribution in [3.63, 3.8) is 0 Å². The molecule has 0 amide bonds. The van der Waals surface area contributed by atoms with Crippen molar-refractivity contribution in [2.75, 3.05) is 0 Å². The average Bonchev–Trinajstić information content (AvgIpc) is 2.21. The maximum atomic E-state index is 5.74. The third-order valence-electron chi connectivity index (χ3n) is 2.43. The molecule has 0 bridgehead atoms. The second-order valence-electron chi connectivity index (χ2n) is 3.49. The number of ether oxygens (including phenoxy) is 1.